The van der Waals surface area contributed by atoms with Crippen molar-refractivity contribution in [3.05, 3.63) is 64.4 Å². The Morgan fingerprint density at radius 2 is 2.00 bits per heavy atom. The molecule has 0 aliphatic rings. The van der Waals surface area contributed by atoms with Crippen molar-refractivity contribution < 1.29 is 13.6 Å². The third kappa shape index (κ3) is 2.90. The Labute approximate surface area is 107 Å². The van der Waals surface area contributed by atoms with Gasteiger partial charge in [-0.05, 0) is 35.9 Å². The molecule has 0 unspecified atom stereocenters. The quantitative estimate of drug-likeness (QED) is 0.630. The van der Waals surface area contributed by atoms with E-state index >= 15 is 0 Å². The molecule has 1 heterocycles. The fourth-order valence-electron chi connectivity index (χ4n) is 1.53. The van der Waals surface area contributed by atoms with Gasteiger partial charge in [-0.3, -0.25) is 4.79 Å². The van der Waals surface area contributed by atoms with E-state index in [1.165, 1.54) is 18.3 Å². The van der Waals surface area contributed by atoms with Crippen LogP contribution in [0, 0.1) is 11.6 Å². The number of ketones is 1. The Bertz CT molecular complexity index is 601. The fourth-order valence-corrected chi connectivity index (χ4v) is 1.70. The molecule has 1 aromatic heterocycles. The predicted octanol–water partition coefficient (Wildman–Crippen LogP) is 3.44. The first-order valence-electron chi connectivity index (χ1n) is 5.15. The van der Waals surface area contributed by atoms with E-state index in [9.17, 15) is 13.6 Å². The maximum atomic E-state index is 13.4. The first-order chi connectivity index (χ1) is 8.56. The number of halogens is 3. The summed E-state index contributed by atoms with van der Waals surface area (Å²) in [5, 5.41) is 0.181. The van der Waals surface area contributed by atoms with Crippen molar-refractivity contribution in [2.24, 2.45) is 0 Å². The molecule has 0 fully saturated rings. The van der Waals surface area contributed by atoms with Crippen molar-refractivity contribution in [3.63, 3.8) is 0 Å². The van der Waals surface area contributed by atoms with Crippen LogP contribution in [0.1, 0.15) is 15.9 Å². The van der Waals surface area contributed by atoms with Gasteiger partial charge >= 0.3 is 0 Å². The lowest BCUT2D eigenvalue weighted by atomic mass is 10.0. The molecule has 0 spiro atoms. The highest BCUT2D eigenvalue weighted by atomic mass is 35.5. The van der Waals surface area contributed by atoms with Crippen molar-refractivity contribution >= 4 is 17.4 Å². The molecule has 92 valence electrons. The topological polar surface area (TPSA) is 30.0 Å². The lowest BCUT2D eigenvalue weighted by Crippen LogP contribution is -2.06. The number of pyridine rings is 1. The minimum absolute atomic E-state index is 0.0212. The van der Waals surface area contributed by atoms with Gasteiger partial charge in [-0.1, -0.05) is 11.6 Å². The molecule has 1 aromatic carbocycles. The van der Waals surface area contributed by atoms with E-state index in [2.05, 4.69) is 4.98 Å². The zero-order chi connectivity index (χ0) is 13.1. The van der Waals surface area contributed by atoms with Crippen LogP contribution in [0.3, 0.4) is 0 Å². The maximum absolute atomic E-state index is 13.4. The van der Waals surface area contributed by atoms with Crippen LogP contribution >= 0.6 is 11.6 Å². The van der Waals surface area contributed by atoms with Crippen molar-refractivity contribution in [3.8, 4) is 0 Å². The highest BCUT2D eigenvalue weighted by molar-refractivity contribution is 6.29. The van der Waals surface area contributed by atoms with E-state index in [4.69, 9.17) is 11.6 Å². The van der Waals surface area contributed by atoms with Gasteiger partial charge in [0.2, 0.25) is 0 Å². The van der Waals surface area contributed by atoms with Crippen LogP contribution < -0.4 is 0 Å². The Hall–Kier alpha value is -1.81. The van der Waals surface area contributed by atoms with Crippen LogP contribution in [0.15, 0.2) is 36.5 Å². The number of carbonyl (C=O) groups is 1. The van der Waals surface area contributed by atoms with Crippen molar-refractivity contribution in [2.75, 3.05) is 0 Å². The largest absolute Gasteiger partial charge is 0.294 e. The van der Waals surface area contributed by atoms with Crippen molar-refractivity contribution in [1.82, 2.24) is 4.98 Å². The number of Topliss-reactive ketones (excluding diaryl/α,β-unsaturated/α-hetero) is 1. The number of nitrogens with zero attached hydrogens (tertiary/aromatic N) is 1. The molecule has 0 saturated carbocycles. The molecule has 0 atom stereocenters. The molecular weight excluding hydrogens is 260 g/mol. The molecule has 0 amide bonds. The van der Waals surface area contributed by atoms with Gasteiger partial charge in [0.05, 0.1) is 0 Å². The molecule has 18 heavy (non-hydrogen) atoms. The Morgan fingerprint density at radius 3 is 2.72 bits per heavy atom. The van der Waals surface area contributed by atoms with Crippen LogP contribution in [-0.2, 0) is 6.42 Å². The first kappa shape index (κ1) is 12.6. The zero-order valence-electron chi connectivity index (χ0n) is 9.16. The van der Waals surface area contributed by atoms with E-state index in [1.54, 1.807) is 0 Å². The number of hydrogen-bond acceptors (Lipinski definition) is 2. The Balaban J connectivity index is 2.24. The minimum Gasteiger partial charge on any atom is -0.294 e. The molecule has 0 aliphatic carbocycles. The van der Waals surface area contributed by atoms with Gasteiger partial charge in [0.15, 0.2) is 5.78 Å². The summed E-state index contributed by atoms with van der Waals surface area (Å²) < 4.78 is 26.3. The summed E-state index contributed by atoms with van der Waals surface area (Å²) in [4.78, 5) is 15.6. The van der Waals surface area contributed by atoms with E-state index in [-0.39, 0.29) is 22.9 Å². The SMILES string of the molecule is O=C(Cc1cc(F)ccc1F)c1ccnc(Cl)c1. The van der Waals surface area contributed by atoms with Crippen molar-refractivity contribution in [1.29, 1.82) is 0 Å². The average molecular weight is 268 g/mol. The number of benzene rings is 1. The normalized spacial score (nSPS) is 10.4. The molecule has 0 bridgehead atoms. The van der Waals surface area contributed by atoms with Crippen LogP contribution in [-0.4, -0.2) is 10.8 Å². The average Bonchev–Trinajstić information content (AvgIpc) is 2.34. The summed E-state index contributed by atoms with van der Waals surface area (Å²) in [5.74, 6) is -1.53. The van der Waals surface area contributed by atoms with Gasteiger partial charge in [0.1, 0.15) is 16.8 Å². The highest BCUT2D eigenvalue weighted by Crippen LogP contribution is 2.14. The maximum Gasteiger partial charge on any atom is 0.167 e. The number of hydrogen-bond donors (Lipinski definition) is 0. The summed E-state index contributed by atoms with van der Waals surface area (Å²) in [5.41, 5.74) is 0.339. The molecule has 5 heteroatoms. The number of aromatic nitrogens is 1. The van der Waals surface area contributed by atoms with Crippen LogP contribution in [0.2, 0.25) is 5.15 Å². The van der Waals surface area contributed by atoms with Crippen molar-refractivity contribution in [2.45, 2.75) is 6.42 Å². The lowest BCUT2D eigenvalue weighted by Gasteiger charge is -2.03. The summed E-state index contributed by atoms with van der Waals surface area (Å²) >= 11 is 5.65. The smallest absolute Gasteiger partial charge is 0.167 e. The second-order valence-electron chi connectivity index (χ2n) is 3.70. The van der Waals surface area contributed by atoms with E-state index in [0.29, 0.717) is 5.56 Å². The van der Waals surface area contributed by atoms with E-state index < -0.39 is 11.6 Å². The van der Waals surface area contributed by atoms with Crippen LogP contribution in [0.25, 0.3) is 0 Å². The molecule has 0 saturated heterocycles. The van der Waals surface area contributed by atoms with Gasteiger partial charge in [-0.15, -0.1) is 0 Å². The van der Waals surface area contributed by atoms with Gasteiger partial charge < -0.3 is 0 Å². The minimum atomic E-state index is -0.607. The van der Waals surface area contributed by atoms with E-state index in [0.717, 1.165) is 18.2 Å². The standard InChI is InChI=1S/C13H8ClF2NO/c14-13-7-8(3-4-17-13)12(18)6-9-5-10(15)1-2-11(9)16/h1-5,7H,6H2. The van der Waals surface area contributed by atoms with Crippen LogP contribution in [0.5, 0.6) is 0 Å². The summed E-state index contributed by atoms with van der Waals surface area (Å²) in [6.07, 6.45) is 1.17. The molecule has 0 radical (unpaired) electrons. The Kier molecular flexibility index (Phi) is 3.67. The number of carbonyl (C=O) groups excluding carboxylic acids is 1. The summed E-state index contributed by atoms with van der Waals surface area (Å²) in [6, 6.07) is 5.88. The molecule has 0 N–H and O–H groups in total. The molecule has 2 aromatic rings. The molecule has 0 aliphatic heterocycles. The second-order valence-corrected chi connectivity index (χ2v) is 4.09. The summed E-state index contributed by atoms with van der Waals surface area (Å²) in [6.45, 7) is 0. The summed E-state index contributed by atoms with van der Waals surface area (Å²) in [7, 11) is 0. The molecule has 2 rings (SSSR count). The van der Waals surface area contributed by atoms with Gasteiger partial charge in [-0.25, -0.2) is 13.8 Å². The van der Waals surface area contributed by atoms with Gasteiger partial charge in [0, 0.05) is 18.2 Å². The number of rotatable bonds is 3. The first-order valence-corrected chi connectivity index (χ1v) is 5.53. The van der Waals surface area contributed by atoms with Gasteiger partial charge in [0.25, 0.3) is 0 Å². The predicted molar refractivity (Wildman–Crippen MR) is 63.6 cm³/mol. The fraction of sp³-hybridized carbons (Fsp3) is 0.0769. The molecule has 2 nitrogen and oxygen atoms in total. The second kappa shape index (κ2) is 5.23. The van der Waals surface area contributed by atoms with Crippen LogP contribution in [0.4, 0.5) is 8.78 Å². The Morgan fingerprint density at radius 1 is 1.22 bits per heavy atom. The third-order valence-electron chi connectivity index (χ3n) is 2.41. The van der Waals surface area contributed by atoms with E-state index in [1.807, 2.05) is 0 Å². The zero-order valence-corrected chi connectivity index (χ0v) is 9.92. The highest BCUT2D eigenvalue weighted by Gasteiger charge is 2.12. The van der Waals surface area contributed by atoms with Gasteiger partial charge in [-0.2, -0.15) is 0 Å². The molecular formula is C13H8ClF2NO. The third-order valence-corrected chi connectivity index (χ3v) is 2.61. The monoisotopic (exact) mass is 267 g/mol. The lowest BCUT2D eigenvalue weighted by molar-refractivity contribution is 0.0991.